The Labute approximate surface area is 115 Å². The Balaban J connectivity index is 2.14. The monoisotopic (exact) mass is 271 g/mol. The van der Waals surface area contributed by atoms with Crippen molar-refractivity contribution in [2.24, 2.45) is 0 Å². The van der Waals surface area contributed by atoms with Crippen molar-refractivity contribution in [3.05, 3.63) is 59.7 Å². The summed E-state index contributed by atoms with van der Waals surface area (Å²) >= 11 is 0. The van der Waals surface area contributed by atoms with Crippen LogP contribution < -0.4 is 0 Å². The van der Waals surface area contributed by atoms with Crippen molar-refractivity contribution >= 4 is 11.9 Å². The molecule has 6 nitrogen and oxygen atoms in total. The first-order valence-electron chi connectivity index (χ1n) is 5.92. The van der Waals surface area contributed by atoms with E-state index in [1.807, 2.05) is 6.07 Å². The minimum atomic E-state index is -1.16. The van der Waals surface area contributed by atoms with Gasteiger partial charge in [0.15, 0.2) is 0 Å². The number of carboxylic acid groups (broad SMARTS) is 1. The standard InChI is InChI=1S/C14H13N3O3/c1-17(9-10-4-3-7-15-8-10)13(18)11-5-2-6-12(16-11)14(19)20/h2-8H,9H2,1H3,(H,19,20). The van der Waals surface area contributed by atoms with Crippen LogP contribution in [0.15, 0.2) is 42.7 Å². The molecule has 1 amide bonds. The van der Waals surface area contributed by atoms with Crippen LogP contribution in [0.4, 0.5) is 0 Å². The Hall–Kier alpha value is -2.76. The van der Waals surface area contributed by atoms with E-state index in [0.29, 0.717) is 6.54 Å². The molecule has 0 spiro atoms. The van der Waals surface area contributed by atoms with Crippen LogP contribution in [0, 0.1) is 0 Å². The van der Waals surface area contributed by atoms with E-state index in [1.165, 1.54) is 23.1 Å². The second-order valence-electron chi connectivity index (χ2n) is 4.24. The van der Waals surface area contributed by atoms with Gasteiger partial charge in [-0.3, -0.25) is 9.78 Å². The highest BCUT2D eigenvalue weighted by molar-refractivity contribution is 5.94. The average Bonchev–Trinajstić information content (AvgIpc) is 2.47. The van der Waals surface area contributed by atoms with Crippen molar-refractivity contribution in [2.45, 2.75) is 6.54 Å². The predicted octanol–water partition coefficient (Wildman–Crippen LogP) is 1.45. The van der Waals surface area contributed by atoms with Crippen molar-refractivity contribution in [3.8, 4) is 0 Å². The number of pyridine rings is 2. The van der Waals surface area contributed by atoms with Gasteiger partial charge in [0.2, 0.25) is 0 Å². The maximum Gasteiger partial charge on any atom is 0.354 e. The molecule has 0 aromatic carbocycles. The number of amides is 1. The van der Waals surface area contributed by atoms with Gasteiger partial charge in [-0.25, -0.2) is 9.78 Å². The SMILES string of the molecule is CN(Cc1cccnc1)C(=O)c1cccc(C(=O)O)n1. The fourth-order valence-electron chi connectivity index (χ4n) is 1.71. The Bertz CT molecular complexity index is 629. The topological polar surface area (TPSA) is 83.4 Å². The molecule has 102 valence electrons. The van der Waals surface area contributed by atoms with E-state index >= 15 is 0 Å². The molecule has 0 atom stereocenters. The number of carbonyl (C=O) groups is 2. The van der Waals surface area contributed by atoms with Crippen LogP contribution in [0.3, 0.4) is 0 Å². The summed E-state index contributed by atoms with van der Waals surface area (Å²) in [4.78, 5) is 32.3. The molecule has 0 saturated heterocycles. The fraction of sp³-hybridized carbons (Fsp3) is 0.143. The summed E-state index contributed by atoms with van der Waals surface area (Å²) in [6.07, 6.45) is 3.33. The summed E-state index contributed by atoms with van der Waals surface area (Å²) < 4.78 is 0. The van der Waals surface area contributed by atoms with Gasteiger partial charge < -0.3 is 10.0 Å². The predicted molar refractivity (Wildman–Crippen MR) is 71.2 cm³/mol. The molecule has 2 heterocycles. The molecule has 6 heteroatoms. The first kappa shape index (κ1) is 13.7. The minimum absolute atomic E-state index is 0.108. The molecule has 2 rings (SSSR count). The highest BCUT2D eigenvalue weighted by Crippen LogP contribution is 2.07. The summed E-state index contributed by atoms with van der Waals surface area (Å²) in [5.74, 6) is -1.49. The summed E-state index contributed by atoms with van der Waals surface area (Å²) in [7, 11) is 1.63. The summed E-state index contributed by atoms with van der Waals surface area (Å²) in [5, 5.41) is 8.87. The molecule has 0 aliphatic rings. The maximum absolute atomic E-state index is 12.2. The zero-order valence-corrected chi connectivity index (χ0v) is 10.9. The molecule has 0 aliphatic heterocycles. The van der Waals surface area contributed by atoms with Gasteiger partial charge in [-0.1, -0.05) is 12.1 Å². The third kappa shape index (κ3) is 3.17. The molecule has 0 radical (unpaired) electrons. The van der Waals surface area contributed by atoms with Crippen LogP contribution in [-0.2, 0) is 6.54 Å². The normalized spacial score (nSPS) is 10.1. The lowest BCUT2D eigenvalue weighted by atomic mass is 10.2. The van der Waals surface area contributed by atoms with Crippen molar-refractivity contribution in [2.75, 3.05) is 7.05 Å². The van der Waals surface area contributed by atoms with Crippen LogP contribution in [0.25, 0.3) is 0 Å². The second-order valence-corrected chi connectivity index (χ2v) is 4.24. The first-order valence-corrected chi connectivity index (χ1v) is 5.92. The smallest absolute Gasteiger partial charge is 0.354 e. The van der Waals surface area contributed by atoms with E-state index in [1.54, 1.807) is 25.5 Å². The largest absolute Gasteiger partial charge is 0.477 e. The van der Waals surface area contributed by atoms with Crippen LogP contribution >= 0.6 is 0 Å². The Kier molecular flexibility index (Phi) is 4.05. The second kappa shape index (κ2) is 5.92. The quantitative estimate of drug-likeness (QED) is 0.909. The van der Waals surface area contributed by atoms with E-state index < -0.39 is 5.97 Å². The average molecular weight is 271 g/mol. The number of hydrogen-bond donors (Lipinski definition) is 1. The van der Waals surface area contributed by atoms with Crippen molar-refractivity contribution in [1.82, 2.24) is 14.9 Å². The van der Waals surface area contributed by atoms with Gasteiger partial charge in [0.25, 0.3) is 5.91 Å². The zero-order valence-electron chi connectivity index (χ0n) is 10.9. The van der Waals surface area contributed by atoms with Gasteiger partial charge in [0, 0.05) is 26.0 Å². The molecule has 0 saturated carbocycles. The van der Waals surface area contributed by atoms with E-state index in [-0.39, 0.29) is 17.3 Å². The van der Waals surface area contributed by atoms with Gasteiger partial charge >= 0.3 is 5.97 Å². The van der Waals surface area contributed by atoms with Gasteiger partial charge in [-0.05, 0) is 23.8 Å². The van der Waals surface area contributed by atoms with E-state index in [2.05, 4.69) is 9.97 Å². The molecule has 2 aromatic rings. The Morgan fingerprint density at radius 2 is 1.95 bits per heavy atom. The molecule has 0 unspecified atom stereocenters. The molecule has 1 N–H and O–H groups in total. The van der Waals surface area contributed by atoms with E-state index in [4.69, 9.17) is 5.11 Å². The number of aromatic nitrogens is 2. The van der Waals surface area contributed by atoms with Gasteiger partial charge in [-0.15, -0.1) is 0 Å². The van der Waals surface area contributed by atoms with Gasteiger partial charge in [0.05, 0.1) is 0 Å². The van der Waals surface area contributed by atoms with Crippen molar-refractivity contribution in [1.29, 1.82) is 0 Å². The molecule has 2 aromatic heterocycles. The number of nitrogens with zero attached hydrogens (tertiary/aromatic N) is 3. The van der Waals surface area contributed by atoms with Gasteiger partial charge in [0.1, 0.15) is 11.4 Å². The number of carboxylic acids is 1. The first-order chi connectivity index (χ1) is 9.58. The van der Waals surface area contributed by atoms with Gasteiger partial charge in [-0.2, -0.15) is 0 Å². The van der Waals surface area contributed by atoms with Crippen molar-refractivity contribution < 1.29 is 14.7 Å². The van der Waals surface area contributed by atoms with Crippen LogP contribution in [0.2, 0.25) is 0 Å². The fourth-order valence-corrected chi connectivity index (χ4v) is 1.71. The lowest BCUT2D eigenvalue weighted by Crippen LogP contribution is -2.27. The van der Waals surface area contributed by atoms with E-state index in [0.717, 1.165) is 5.56 Å². The van der Waals surface area contributed by atoms with Crippen LogP contribution in [0.1, 0.15) is 26.5 Å². The molecule has 0 bridgehead atoms. The third-order valence-corrected chi connectivity index (χ3v) is 2.68. The molecule has 0 fully saturated rings. The lowest BCUT2D eigenvalue weighted by Gasteiger charge is -2.16. The Morgan fingerprint density at radius 3 is 2.60 bits per heavy atom. The molecule has 20 heavy (non-hydrogen) atoms. The number of rotatable bonds is 4. The summed E-state index contributed by atoms with van der Waals surface area (Å²) in [6, 6.07) is 7.99. The third-order valence-electron chi connectivity index (χ3n) is 2.68. The molecular weight excluding hydrogens is 258 g/mol. The van der Waals surface area contributed by atoms with Crippen LogP contribution in [0.5, 0.6) is 0 Å². The summed E-state index contributed by atoms with van der Waals surface area (Å²) in [6.45, 7) is 0.381. The molecular formula is C14H13N3O3. The maximum atomic E-state index is 12.2. The number of hydrogen-bond acceptors (Lipinski definition) is 4. The highest BCUT2D eigenvalue weighted by atomic mass is 16.4. The molecule has 0 aliphatic carbocycles. The number of aromatic carboxylic acids is 1. The number of carbonyl (C=O) groups excluding carboxylic acids is 1. The van der Waals surface area contributed by atoms with Crippen LogP contribution in [-0.4, -0.2) is 38.9 Å². The Morgan fingerprint density at radius 1 is 1.20 bits per heavy atom. The van der Waals surface area contributed by atoms with Crippen molar-refractivity contribution in [3.63, 3.8) is 0 Å². The lowest BCUT2D eigenvalue weighted by molar-refractivity contribution is 0.0690. The van der Waals surface area contributed by atoms with E-state index in [9.17, 15) is 9.59 Å². The summed E-state index contributed by atoms with van der Waals surface area (Å²) in [5.41, 5.74) is 0.847. The highest BCUT2D eigenvalue weighted by Gasteiger charge is 2.15. The zero-order chi connectivity index (χ0) is 14.5. The minimum Gasteiger partial charge on any atom is -0.477 e.